The number of benzene rings is 2. The lowest BCUT2D eigenvalue weighted by Crippen LogP contribution is -2.30. The van der Waals surface area contributed by atoms with Gasteiger partial charge in [0.05, 0.1) is 29.9 Å². The van der Waals surface area contributed by atoms with E-state index in [9.17, 15) is 13.2 Å². The van der Waals surface area contributed by atoms with Gasteiger partial charge >= 0.3 is 0 Å². The van der Waals surface area contributed by atoms with Crippen molar-refractivity contribution in [1.29, 1.82) is 0 Å². The van der Waals surface area contributed by atoms with E-state index in [4.69, 9.17) is 4.74 Å². The van der Waals surface area contributed by atoms with Gasteiger partial charge in [-0.1, -0.05) is 44.2 Å². The number of sulfonamides is 1. The van der Waals surface area contributed by atoms with Crippen LogP contribution in [-0.4, -0.2) is 48.6 Å². The minimum absolute atomic E-state index is 0.170. The molecule has 1 heterocycles. The summed E-state index contributed by atoms with van der Waals surface area (Å²) in [4.78, 5) is 13.1. The van der Waals surface area contributed by atoms with Crippen molar-refractivity contribution in [3.8, 4) is 11.4 Å². The molecule has 32 heavy (non-hydrogen) atoms. The van der Waals surface area contributed by atoms with Gasteiger partial charge in [0.25, 0.3) is 5.91 Å². The van der Waals surface area contributed by atoms with E-state index >= 15 is 0 Å². The Bertz CT molecular complexity index is 1150. The van der Waals surface area contributed by atoms with E-state index in [0.717, 1.165) is 11.3 Å². The van der Waals surface area contributed by atoms with Gasteiger partial charge in [0, 0.05) is 13.1 Å². The molecule has 0 saturated carbocycles. The van der Waals surface area contributed by atoms with Crippen molar-refractivity contribution < 1.29 is 17.9 Å². The Morgan fingerprint density at radius 1 is 1.09 bits per heavy atom. The van der Waals surface area contributed by atoms with E-state index in [1.807, 2.05) is 37.3 Å². The van der Waals surface area contributed by atoms with Crippen molar-refractivity contribution in [3.63, 3.8) is 0 Å². The third kappa shape index (κ3) is 4.84. The Balaban J connectivity index is 1.77. The molecule has 8 nitrogen and oxygen atoms in total. The van der Waals surface area contributed by atoms with Gasteiger partial charge in [0.2, 0.25) is 10.0 Å². The zero-order valence-electron chi connectivity index (χ0n) is 18.6. The van der Waals surface area contributed by atoms with Gasteiger partial charge in [-0.15, -0.1) is 0 Å². The average molecular weight is 457 g/mol. The molecule has 0 spiro atoms. The molecule has 1 aromatic heterocycles. The standard InChI is InChI=1S/C23H28N4O4S/c1-5-26(6-2)32(29,30)20-14-12-18(13-15-20)17(3)24-23(28)22-21(31-4)16-27(25-22)19-10-8-7-9-11-19/h7-17H,5-6H2,1-4H3,(H,24,28). The van der Waals surface area contributed by atoms with Gasteiger partial charge in [-0.2, -0.15) is 9.40 Å². The van der Waals surface area contributed by atoms with Crippen LogP contribution in [0.1, 0.15) is 42.9 Å². The lowest BCUT2D eigenvalue weighted by molar-refractivity contribution is 0.0931. The summed E-state index contributed by atoms with van der Waals surface area (Å²) in [6.07, 6.45) is 1.65. The minimum atomic E-state index is -3.53. The third-order valence-electron chi connectivity index (χ3n) is 5.21. The summed E-state index contributed by atoms with van der Waals surface area (Å²) in [5, 5.41) is 7.28. The number of hydrogen-bond acceptors (Lipinski definition) is 5. The molecule has 1 unspecified atom stereocenters. The van der Waals surface area contributed by atoms with Crippen LogP contribution in [0.2, 0.25) is 0 Å². The summed E-state index contributed by atoms with van der Waals surface area (Å²) in [5.74, 6) is -0.0249. The number of para-hydroxylation sites is 1. The smallest absolute Gasteiger partial charge is 0.276 e. The first-order chi connectivity index (χ1) is 15.3. The molecule has 9 heteroatoms. The number of hydrogen-bond donors (Lipinski definition) is 1. The molecule has 2 aromatic carbocycles. The predicted molar refractivity (Wildman–Crippen MR) is 123 cm³/mol. The molecule has 1 atom stereocenters. The van der Waals surface area contributed by atoms with Gasteiger partial charge in [0.15, 0.2) is 11.4 Å². The normalized spacial score (nSPS) is 12.5. The number of amides is 1. The molecule has 0 radical (unpaired) electrons. The van der Waals surface area contributed by atoms with Crippen molar-refractivity contribution >= 4 is 15.9 Å². The summed E-state index contributed by atoms with van der Waals surface area (Å²) in [6, 6.07) is 15.6. The molecule has 0 aliphatic rings. The number of rotatable bonds is 9. The van der Waals surface area contributed by atoms with Crippen molar-refractivity contribution in [2.75, 3.05) is 20.2 Å². The van der Waals surface area contributed by atoms with Gasteiger partial charge in [0.1, 0.15) is 0 Å². The molecule has 170 valence electrons. The van der Waals surface area contributed by atoms with Crippen molar-refractivity contribution in [1.82, 2.24) is 19.4 Å². The fourth-order valence-corrected chi connectivity index (χ4v) is 4.83. The Hall–Kier alpha value is -3.17. The molecule has 1 amide bonds. The summed E-state index contributed by atoms with van der Waals surface area (Å²) in [7, 11) is -2.04. The number of nitrogens with one attached hydrogen (secondary N) is 1. The number of carbonyl (C=O) groups is 1. The molecule has 0 aliphatic carbocycles. The number of ether oxygens (including phenoxy) is 1. The molecule has 0 fully saturated rings. The van der Waals surface area contributed by atoms with Gasteiger partial charge in [-0.05, 0) is 36.8 Å². The summed E-state index contributed by atoms with van der Waals surface area (Å²) in [5.41, 5.74) is 1.75. The third-order valence-corrected chi connectivity index (χ3v) is 7.27. The quantitative estimate of drug-likeness (QED) is 0.533. The molecule has 0 saturated heterocycles. The maximum atomic E-state index is 12.9. The largest absolute Gasteiger partial charge is 0.493 e. The van der Waals surface area contributed by atoms with E-state index in [1.165, 1.54) is 11.4 Å². The Kier molecular flexibility index (Phi) is 7.32. The van der Waals surface area contributed by atoms with Gasteiger partial charge in [-0.25, -0.2) is 13.1 Å². The summed E-state index contributed by atoms with van der Waals surface area (Å²) in [6.45, 7) is 6.25. The first-order valence-corrected chi connectivity index (χ1v) is 11.9. The number of carbonyl (C=O) groups excluding carboxylic acids is 1. The first kappa shape index (κ1) is 23.5. The van der Waals surface area contributed by atoms with Crippen LogP contribution >= 0.6 is 0 Å². The molecular formula is C23H28N4O4S. The van der Waals surface area contributed by atoms with Crippen LogP contribution in [0.15, 0.2) is 65.7 Å². The zero-order valence-corrected chi connectivity index (χ0v) is 19.5. The maximum Gasteiger partial charge on any atom is 0.276 e. The van der Waals surface area contributed by atoms with Crippen LogP contribution in [0, 0.1) is 0 Å². The van der Waals surface area contributed by atoms with Crippen LogP contribution in [0.3, 0.4) is 0 Å². The highest BCUT2D eigenvalue weighted by molar-refractivity contribution is 7.89. The molecule has 3 rings (SSSR count). The SMILES string of the molecule is CCN(CC)S(=O)(=O)c1ccc(C(C)NC(=O)c2nn(-c3ccccc3)cc2OC)cc1. The lowest BCUT2D eigenvalue weighted by Gasteiger charge is -2.19. The number of nitrogens with zero attached hydrogens (tertiary/aromatic N) is 3. The second-order valence-corrected chi connectivity index (χ2v) is 9.12. The van der Waals surface area contributed by atoms with Gasteiger partial charge < -0.3 is 10.1 Å². The van der Waals surface area contributed by atoms with Crippen molar-refractivity contribution in [3.05, 3.63) is 72.1 Å². The van der Waals surface area contributed by atoms with Crippen LogP contribution in [0.25, 0.3) is 5.69 Å². The highest BCUT2D eigenvalue weighted by Crippen LogP contribution is 2.22. The van der Waals surface area contributed by atoms with E-state index in [-0.39, 0.29) is 22.5 Å². The van der Waals surface area contributed by atoms with E-state index in [0.29, 0.717) is 18.8 Å². The molecule has 1 N–H and O–H groups in total. The van der Waals surface area contributed by atoms with Crippen LogP contribution in [0.4, 0.5) is 0 Å². The van der Waals surface area contributed by atoms with Crippen LogP contribution < -0.4 is 10.1 Å². The van der Waals surface area contributed by atoms with E-state index in [2.05, 4.69) is 10.4 Å². The molecule has 0 bridgehead atoms. The Morgan fingerprint density at radius 3 is 2.28 bits per heavy atom. The summed E-state index contributed by atoms with van der Waals surface area (Å²) >= 11 is 0. The molecular weight excluding hydrogens is 428 g/mol. The second kappa shape index (κ2) is 9.97. The minimum Gasteiger partial charge on any atom is -0.493 e. The monoisotopic (exact) mass is 456 g/mol. The van der Waals surface area contributed by atoms with E-state index < -0.39 is 10.0 Å². The zero-order chi connectivity index (χ0) is 23.3. The Labute approximate surface area is 188 Å². The summed E-state index contributed by atoms with van der Waals surface area (Å²) < 4.78 is 33.7. The Morgan fingerprint density at radius 2 is 1.72 bits per heavy atom. The van der Waals surface area contributed by atoms with Crippen molar-refractivity contribution in [2.24, 2.45) is 0 Å². The average Bonchev–Trinajstić information content (AvgIpc) is 3.25. The predicted octanol–water partition coefficient (Wildman–Crippen LogP) is 3.40. The van der Waals surface area contributed by atoms with Crippen molar-refractivity contribution in [2.45, 2.75) is 31.7 Å². The number of aromatic nitrogens is 2. The fraction of sp³-hybridized carbons (Fsp3) is 0.304. The first-order valence-electron chi connectivity index (χ1n) is 10.4. The second-order valence-electron chi connectivity index (χ2n) is 7.18. The van der Waals surface area contributed by atoms with Crippen LogP contribution in [0.5, 0.6) is 5.75 Å². The highest BCUT2D eigenvalue weighted by Gasteiger charge is 2.23. The van der Waals surface area contributed by atoms with E-state index in [1.54, 1.807) is 49.0 Å². The molecule has 3 aromatic rings. The highest BCUT2D eigenvalue weighted by atomic mass is 32.2. The topological polar surface area (TPSA) is 93.5 Å². The maximum absolute atomic E-state index is 12.9. The van der Waals surface area contributed by atoms with Crippen LogP contribution in [-0.2, 0) is 10.0 Å². The fourth-order valence-electron chi connectivity index (χ4n) is 3.37. The molecule has 0 aliphatic heterocycles. The number of methoxy groups -OCH3 is 1. The lowest BCUT2D eigenvalue weighted by atomic mass is 10.1. The van der Waals surface area contributed by atoms with Gasteiger partial charge in [-0.3, -0.25) is 4.79 Å².